The van der Waals surface area contributed by atoms with Gasteiger partial charge in [-0.2, -0.15) is 0 Å². The third kappa shape index (κ3) is 3.05. The molecule has 1 nitrogen and oxygen atoms in total. The van der Waals surface area contributed by atoms with Crippen LogP contribution in [0.5, 0.6) is 0 Å². The smallest absolute Gasteiger partial charge is 0.0843 e. The zero-order chi connectivity index (χ0) is 10.8. The molecule has 2 rings (SSSR count). The largest absolute Gasteiger partial charge is 0.309 e. The van der Waals surface area contributed by atoms with Crippen LogP contribution in [0.25, 0.3) is 0 Å². The van der Waals surface area contributed by atoms with Gasteiger partial charge in [-0.05, 0) is 63.6 Å². The number of thiophene rings is 1. The molecule has 15 heavy (non-hydrogen) atoms. The second-order valence-electron chi connectivity index (χ2n) is 4.19. The topological polar surface area (TPSA) is 12.0 Å². The maximum Gasteiger partial charge on any atom is 0.0843 e. The van der Waals surface area contributed by atoms with E-state index in [1.807, 2.05) is 0 Å². The van der Waals surface area contributed by atoms with E-state index in [1.54, 1.807) is 11.3 Å². The molecule has 0 bridgehead atoms. The molecule has 1 saturated carbocycles. The molecule has 0 spiro atoms. The molecule has 1 N–H and O–H groups in total. The highest BCUT2D eigenvalue weighted by Gasteiger charge is 2.23. The molecule has 0 aliphatic heterocycles. The summed E-state index contributed by atoms with van der Waals surface area (Å²) in [6.07, 6.45) is 4.24. The summed E-state index contributed by atoms with van der Waals surface area (Å²) < 4.78 is 2.36. The van der Waals surface area contributed by atoms with Gasteiger partial charge in [0.2, 0.25) is 0 Å². The molecular formula is C11H15Br2NS. The van der Waals surface area contributed by atoms with Gasteiger partial charge in [-0.1, -0.05) is 6.42 Å². The predicted molar refractivity (Wildman–Crippen MR) is 73.4 cm³/mol. The van der Waals surface area contributed by atoms with Crippen LogP contribution >= 0.6 is 43.2 Å². The molecule has 1 aromatic heterocycles. The second kappa shape index (κ2) is 5.30. The Labute approximate surface area is 112 Å². The summed E-state index contributed by atoms with van der Waals surface area (Å²) >= 11 is 8.83. The maximum atomic E-state index is 3.61. The summed E-state index contributed by atoms with van der Waals surface area (Å²) in [4.78, 5) is 1.39. The minimum atomic E-state index is 0.665. The van der Waals surface area contributed by atoms with Gasteiger partial charge in [-0.25, -0.2) is 0 Å². The van der Waals surface area contributed by atoms with Crippen molar-refractivity contribution in [2.75, 3.05) is 0 Å². The van der Waals surface area contributed by atoms with Gasteiger partial charge < -0.3 is 5.32 Å². The number of hydrogen-bond donors (Lipinski definition) is 1. The van der Waals surface area contributed by atoms with Crippen molar-refractivity contribution in [3.05, 3.63) is 19.2 Å². The summed E-state index contributed by atoms with van der Waals surface area (Å²) in [5.41, 5.74) is 0. The van der Waals surface area contributed by atoms with Gasteiger partial charge in [0.05, 0.1) is 3.79 Å². The summed E-state index contributed by atoms with van der Waals surface area (Å²) in [6.45, 7) is 3.30. The monoisotopic (exact) mass is 351 g/mol. The molecule has 84 valence electrons. The third-order valence-corrected chi connectivity index (χ3v) is 6.41. The zero-order valence-corrected chi connectivity index (χ0v) is 12.7. The Bertz CT molecular complexity index is 314. The average Bonchev–Trinajstić information content (AvgIpc) is 2.40. The standard InChI is InChI=1S/C11H15Br2NS/c1-7(8-3-2-4-8)14-6-9-5-10(12)11(13)15-9/h5,7-8,14H,2-4,6H2,1H3. The lowest BCUT2D eigenvalue weighted by molar-refractivity contribution is 0.240. The van der Waals surface area contributed by atoms with E-state index >= 15 is 0 Å². The van der Waals surface area contributed by atoms with Crippen molar-refractivity contribution in [2.45, 2.75) is 38.8 Å². The van der Waals surface area contributed by atoms with Crippen molar-refractivity contribution < 1.29 is 0 Å². The third-order valence-electron chi connectivity index (χ3n) is 3.15. The van der Waals surface area contributed by atoms with E-state index in [1.165, 1.54) is 32.4 Å². The zero-order valence-electron chi connectivity index (χ0n) is 8.72. The average molecular weight is 353 g/mol. The maximum absolute atomic E-state index is 3.61. The van der Waals surface area contributed by atoms with Crippen LogP contribution in [0.4, 0.5) is 0 Å². The van der Waals surface area contributed by atoms with Crippen molar-refractivity contribution in [1.29, 1.82) is 0 Å². The summed E-state index contributed by atoms with van der Waals surface area (Å²) in [5.74, 6) is 0.914. The lowest BCUT2D eigenvalue weighted by Crippen LogP contribution is -2.36. The van der Waals surface area contributed by atoms with Gasteiger partial charge in [-0.15, -0.1) is 11.3 Å². The van der Waals surface area contributed by atoms with Crippen LogP contribution in [0.3, 0.4) is 0 Å². The first-order chi connectivity index (χ1) is 7.16. The number of rotatable bonds is 4. The van der Waals surface area contributed by atoms with Crippen molar-refractivity contribution >= 4 is 43.2 Å². The summed E-state index contributed by atoms with van der Waals surface area (Å²) in [7, 11) is 0. The Morgan fingerprint density at radius 3 is 2.73 bits per heavy atom. The Balaban J connectivity index is 1.81. The van der Waals surface area contributed by atoms with E-state index in [2.05, 4.69) is 50.2 Å². The summed E-state index contributed by atoms with van der Waals surface area (Å²) in [5, 5.41) is 3.61. The van der Waals surface area contributed by atoms with Crippen molar-refractivity contribution in [1.82, 2.24) is 5.32 Å². The highest BCUT2D eigenvalue weighted by molar-refractivity contribution is 9.13. The van der Waals surface area contributed by atoms with Crippen LogP contribution in [0.1, 0.15) is 31.1 Å². The highest BCUT2D eigenvalue weighted by atomic mass is 79.9. The van der Waals surface area contributed by atoms with E-state index in [-0.39, 0.29) is 0 Å². The van der Waals surface area contributed by atoms with Gasteiger partial charge in [0.15, 0.2) is 0 Å². The minimum Gasteiger partial charge on any atom is -0.309 e. The van der Waals surface area contributed by atoms with E-state index in [0.717, 1.165) is 12.5 Å². The lowest BCUT2D eigenvalue weighted by atomic mass is 9.80. The van der Waals surface area contributed by atoms with E-state index < -0.39 is 0 Å². The molecule has 1 aromatic rings. The van der Waals surface area contributed by atoms with Crippen LogP contribution in [0, 0.1) is 5.92 Å². The molecule has 1 atom stereocenters. The Morgan fingerprint density at radius 2 is 2.27 bits per heavy atom. The quantitative estimate of drug-likeness (QED) is 0.838. The Hall–Kier alpha value is 0.620. The molecule has 0 saturated heterocycles. The minimum absolute atomic E-state index is 0.665. The first-order valence-corrected chi connectivity index (χ1v) is 7.74. The van der Waals surface area contributed by atoms with Crippen LogP contribution < -0.4 is 5.32 Å². The number of hydrogen-bond acceptors (Lipinski definition) is 2. The van der Waals surface area contributed by atoms with Crippen molar-refractivity contribution in [2.24, 2.45) is 5.92 Å². The number of nitrogens with one attached hydrogen (secondary N) is 1. The van der Waals surface area contributed by atoms with Crippen LogP contribution in [-0.2, 0) is 6.54 Å². The van der Waals surface area contributed by atoms with Crippen LogP contribution in [-0.4, -0.2) is 6.04 Å². The Morgan fingerprint density at radius 1 is 1.53 bits per heavy atom. The molecule has 4 heteroatoms. The van der Waals surface area contributed by atoms with E-state index in [9.17, 15) is 0 Å². The van der Waals surface area contributed by atoms with E-state index in [4.69, 9.17) is 0 Å². The summed E-state index contributed by atoms with van der Waals surface area (Å²) in [6, 6.07) is 2.85. The van der Waals surface area contributed by atoms with Crippen molar-refractivity contribution in [3.8, 4) is 0 Å². The van der Waals surface area contributed by atoms with Gasteiger partial charge >= 0.3 is 0 Å². The molecule has 0 amide bonds. The first-order valence-electron chi connectivity index (χ1n) is 5.34. The highest BCUT2D eigenvalue weighted by Crippen LogP contribution is 2.33. The molecule has 0 aromatic carbocycles. The predicted octanol–water partition coefficient (Wildman–Crippen LogP) is 4.55. The normalized spacial score (nSPS) is 18.9. The van der Waals surface area contributed by atoms with Crippen molar-refractivity contribution in [3.63, 3.8) is 0 Å². The first kappa shape index (κ1) is 12.1. The second-order valence-corrected chi connectivity index (χ2v) is 7.50. The molecule has 1 heterocycles. The van der Waals surface area contributed by atoms with E-state index in [0.29, 0.717) is 6.04 Å². The molecule has 0 radical (unpaired) electrons. The fourth-order valence-corrected chi connectivity index (χ4v) is 3.97. The molecule has 1 aliphatic carbocycles. The van der Waals surface area contributed by atoms with Crippen LogP contribution in [0.2, 0.25) is 0 Å². The van der Waals surface area contributed by atoms with Gasteiger partial charge in [0, 0.05) is 21.9 Å². The van der Waals surface area contributed by atoms with Gasteiger partial charge in [0.1, 0.15) is 0 Å². The molecule has 1 unspecified atom stereocenters. The van der Waals surface area contributed by atoms with Crippen LogP contribution in [0.15, 0.2) is 14.3 Å². The molecule has 1 fully saturated rings. The fraction of sp³-hybridized carbons (Fsp3) is 0.636. The molecular weight excluding hydrogens is 338 g/mol. The lowest BCUT2D eigenvalue weighted by Gasteiger charge is -2.31. The van der Waals surface area contributed by atoms with Gasteiger partial charge in [0.25, 0.3) is 0 Å². The molecule has 1 aliphatic rings. The number of halogens is 2. The fourth-order valence-electron chi connectivity index (χ4n) is 1.85. The Kier molecular flexibility index (Phi) is 4.27. The van der Waals surface area contributed by atoms with Gasteiger partial charge in [-0.3, -0.25) is 0 Å². The SMILES string of the molecule is CC(NCc1cc(Br)c(Br)s1)C1CCC1.